The molecule has 1 aliphatic heterocycles. The van der Waals surface area contributed by atoms with Gasteiger partial charge in [0.15, 0.2) is 0 Å². The van der Waals surface area contributed by atoms with Crippen molar-refractivity contribution in [3.63, 3.8) is 0 Å². The molecule has 0 fully saturated rings. The van der Waals surface area contributed by atoms with Crippen molar-refractivity contribution in [2.45, 2.75) is 31.6 Å². The number of aromatic nitrogens is 2. The van der Waals surface area contributed by atoms with Crippen LogP contribution in [-0.4, -0.2) is 52.0 Å². The lowest BCUT2D eigenvalue weighted by atomic mass is 9.80. The maximum atomic E-state index is 14.3. The summed E-state index contributed by atoms with van der Waals surface area (Å²) in [4.78, 5) is 43.1. The maximum Gasteiger partial charge on any atom is 0.416 e. The van der Waals surface area contributed by atoms with Gasteiger partial charge in [-0.15, -0.1) is 0 Å². The Labute approximate surface area is 256 Å². The Morgan fingerprint density at radius 3 is 2.36 bits per heavy atom. The molecule has 232 valence electrons. The topological polar surface area (TPSA) is 87.5 Å². The van der Waals surface area contributed by atoms with E-state index in [0.29, 0.717) is 34.4 Å². The Bertz CT molecular complexity index is 1750. The molecule has 0 bridgehead atoms. The van der Waals surface area contributed by atoms with Gasteiger partial charge in [-0.3, -0.25) is 19.3 Å². The Morgan fingerprint density at radius 2 is 1.73 bits per heavy atom. The minimum Gasteiger partial charge on any atom is -0.339 e. The molecule has 4 aromatic rings. The molecule has 45 heavy (non-hydrogen) atoms. The summed E-state index contributed by atoms with van der Waals surface area (Å²) in [5.41, 5.74) is 0.644. The Morgan fingerprint density at radius 1 is 1.04 bits per heavy atom. The first-order chi connectivity index (χ1) is 21.4. The summed E-state index contributed by atoms with van der Waals surface area (Å²) in [6.45, 7) is 5.42. The molecular weight excluding hydrogens is 590 g/mol. The molecule has 12 heteroatoms. The Hall–Kier alpha value is -5.26. The number of amides is 3. The van der Waals surface area contributed by atoms with Crippen LogP contribution in [-0.2, 0) is 22.3 Å². The minimum absolute atomic E-state index is 0.00917. The molecule has 2 atom stereocenters. The first kappa shape index (κ1) is 31.2. The first-order valence-corrected chi connectivity index (χ1v) is 14.0. The number of likely N-dealkylation sites (N-methyl/N-ethyl adjacent to an activating group) is 2. The van der Waals surface area contributed by atoms with E-state index in [1.807, 2.05) is 6.07 Å². The van der Waals surface area contributed by atoms with Crippen LogP contribution in [0.1, 0.15) is 45.6 Å². The number of hydrogen-bond acceptors (Lipinski definition) is 4. The third-order valence-electron chi connectivity index (χ3n) is 7.63. The van der Waals surface area contributed by atoms with Gasteiger partial charge in [-0.25, -0.2) is 9.07 Å². The van der Waals surface area contributed by atoms with Gasteiger partial charge in [0.1, 0.15) is 17.7 Å². The molecular formula is C33H29F4N5O3. The number of rotatable bonds is 8. The van der Waals surface area contributed by atoms with Gasteiger partial charge in [-0.05, 0) is 61.0 Å². The highest BCUT2D eigenvalue weighted by Crippen LogP contribution is 2.44. The number of anilines is 1. The highest BCUT2D eigenvalue weighted by molar-refractivity contribution is 6.05. The largest absolute Gasteiger partial charge is 0.416 e. The van der Waals surface area contributed by atoms with Gasteiger partial charge in [0, 0.05) is 30.6 Å². The number of hydrogen-bond donors (Lipinski definition) is 1. The maximum absolute atomic E-state index is 14.3. The molecule has 0 unspecified atom stereocenters. The summed E-state index contributed by atoms with van der Waals surface area (Å²) in [6, 6.07) is 17.0. The van der Waals surface area contributed by atoms with Gasteiger partial charge in [-0.1, -0.05) is 43.0 Å². The van der Waals surface area contributed by atoms with Crippen LogP contribution >= 0.6 is 0 Å². The lowest BCUT2D eigenvalue weighted by molar-refractivity contribution is -0.137. The van der Waals surface area contributed by atoms with Gasteiger partial charge in [-0.2, -0.15) is 18.3 Å². The Kier molecular flexibility index (Phi) is 8.58. The molecule has 2 heterocycles. The van der Waals surface area contributed by atoms with E-state index in [-0.39, 0.29) is 24.6 Å². The lowest BCUT2D eigenvalue weighted by Crippen LogP contribution is -2.55. The monoisotopic (exact) mass is 619 g/mol. The third-order valence-corrected chi connectivity index (χ3v) is 7.63. The number of para-hydroxylation sites is 1. The van der Waals surface area contributed by atoms with Gasteiger partial charge in [0.05, 0.1) is 23.5 Å². The number of alkyl halides is 3. The summed E-state index contributed by atoms with van der Waals surface area (Å²) in [6.07, 6.45) is -3.53. The fraction of sp³-hybridized carbons (Fsp3) is 0.212. The zero-order valence-corrected chi connectivity index (χ0v) is 24.4. The van der Waals surface area contributed by atoms with E-state index in [4.69, 9.17) is 5.10 Å². The smallest absolute Gasteiger partial charge is 0.339 e. The van der Waals surface area contributed by atoms with Crippen LogP contribution in [0.4, 0.5) is 23.4 Å². The summed E-state index contributed by atoms with van der Waals surface area (Å²) in [5, 5.41) is 7.51. The van der Waals surface area contributed by atoms with Crippen molar-refractivity contribution in [3.05, 3.63) is 125 Å². The predicted octanol–water partition coefficient (Wildman–Crippen LogP) is 5.47. The van der Waals surface area contributed by atoms with Crippen LogP contribution in [0, 0.1) is 5.82 Å². The molecule has 0 saturated heterocycles. The number of nitrogens with one attached hydrogen (secondary N) is 1. The van der Waals surface area contributed by atoms with Crippen molar-refractivity contribution in [2.24, 2.45) is 0 Å². The van der Waals surface area contributed by atoms with Gasteiger partial charge >= 0.3 is 6.18 Å². The molecule has 1 aromatic heterocycles. The number of carbonyl (C=O) groups excluding carboxylic acids is 3. The van der Waals surface area contributed by atoms with Gasteiger partial charge < -0.3 is 10.2 Å². The molecule has 3 aromatic carbocycles. The molecule has 5 rings (SSSR count). The van der Waals surface area contributed by atoms with Crippen molar-refractivity contribution in [2.75, 3.05) is 18.5 Å². The standard InChI is InChI=1S/C33H29F4N5O3/c1-4-26(43)40(3)19-25-28-27(20-14-16-23(34)17-15-20)29(38-30(44)21-10-9-11-22(18-21)33(35,36)37)32(45)41(5-2)31(28)42(39-25)24-12-7-6-8-13-24/h4,6-18,27,29H,1,5,19H2,2-3H3,(H,38,44)/t27-,29-/m0/s1. The highest BCUT2D eigenvalue weighted by atomic mass is 19.4. The second-order valence-corrected chi connectivity index (χ2v) is 10.5. The zero-order valence-electron chi connectivity index (χ0n) is 24.4. The zero-order chi connectivity index (χ0) is 32.5. The quantitative estimate of drug-likeness (QED) is 0.209. The summed E-state index contributed by atoms with van der Waals surface area (Å²) in [5.74, 6) is -2.92. The van der Waals surface area contributed by atoms with Crippen LogP contribution < -0.4 is 10.2 Å². The van der Waals surface area contributed by atoms with E-state index in [2.05, 4.69) is 11.9 Å². The minimum atomic E-state index is -4.68. The second kappa shape index (κ2) is 12.4. The van der Waals surface area contributed by atoms with E-state index >= 15 is 0 Å². The van der Waals surface area contributed by atoms with Gasteiger partial charge in [0.2, 0.25) is 5.91 Å². The summed E-state index contributed by atoms with van der Waals surface area (Å²) in [7, 11) is 1.56. The second-order valence-electron chi connectivity index (χ2n) is 10.5. The Balaban J connectivity index is 1.72. The lowest BCUT2D eigenvalue weighted by Gasteiger charge is -2.38. The number of nitrogens with zero attached hydrogens (tertiary/aromatic N) is 4. The first-order valence-electron chi connectivity index (χ1n) is 14.0. The van der Waals surface area contributed by atoms with Crippen LogP contribution in [0.25, 0.3) is 5.69 Å². The molecule has 3 amide bonds. The van der Waals surface area contributed by atoms with Crippen LogP contribution in [0.3, 0.4) is 0 Å². The van der Waals surface area contributed by atoms with Crippen molar-refractivity contribution < 1.29 is 31.9 Å². The molecule has 0 aliphatic carbocycles. The van der Waals surface area contributed by atoms with E-state index in [9.17, 15) is 31.9 Å². The van der Waals surface area contributed by atoms with Crippen LogP contribution in [0.15, 0.2) is 91.5 Å². The number of carbonyl (C=O) groups is 3. The van der Waals surface area contributed by atoms with Gasteiger partial charge in [0.25, 0.3) is 11.8 Å². The molecule has 0 radical (unpaired) electrons. The number of halogens is 4. The SMILES string of the molecule is C=CC(=O)N(C)Cc1nn(-c2ccccc2)c2c1[C@H](c1ccc(F)cc1)[C@H](NC(=O)c1cccc(C(F)(F)F)c1)C(=O)N2CC. The van der Waals surface area contributed by atoms with E-state index in [0.717, 1.165) is 18.2 Å². The van der Waals surface area contributed by atoms with E-state index in [1.165, 1.54) is 40.1 Å². The molecule has 0 spiro atoms. The van der Waals surface area contributed by atoms with Crippen molar-refractivity contribution in [1.82, 2.24) is 20.0 Å². The van der Waals surface area contributed by atoms with Crippen molar-refractivity contribution in [3.8, 4) is 5.69 Å². The number of fused-ring (bicyclic) bond motifs is 1. The summed E-state index contributed by atoms with van der Waals surface area (Å²) >= 11 is 0. The highest BCUT2D eigenvalue weighted by Gasteiger charge is 2.46. The average Bonchev–Trinajstić information content (AvgIpc) is 3.39. The fourth-order valence-electron chi connectivity index (χ4n) is 5.49. The normalized spacial score (nSPS) is 16.2. The predicted molar refractivity (Wildman–Crippen MR) is 159 cm³/mol. The van der Waals surface area contributed by atoms with Crippen molar-refractivity contribution in [1.29, 1.82) is 0 Å². The fourth-order valence-corrected chi connectivity index (χ4v) is 5.49. The molecule has 8 nitrogen and oxygen atoms in total. The molecule has 1 aliphatic rings. The van der Waals surface area contributed by atoms with Crippen LogP contribution in [0.5, 0.6) is 0 Å². The van der Waals surface area contributed by atoms with Crippen LogP contribution in [0.2, 0.25) is 0 Å². The molecule has 0 saturated carbocycles. The number of benzene rings is 3. The average molecular weight is 620 g/mol. The summed E-state index contributed by atoms with van der Waals surface area (Å²) < 4.78 is 56.0. The van der Waals surface area contributed by atoms with E-state index < -0.39 is 41.3 Å². The van der Waals surface area contributed by atoms with E-state index in [1.54, 1.807) is 42.9 Å². The third kappa shape index (κ3) is 6.08. The van der Waals surface area contributed by atoms with Crippen molar-refractivity contribution >= 4 is 23.5 Å². The molecule has 1 N–H and O–H groups in total.